The lowest BCUT2D eigenvalue weighted by Crippen LogP contribution is -2.38. The molecule has 2 saturated heterocycles. The summed E-state index contributed by atoms with van der Waals surface area (Å²) in [7, 11) is 0. The minimum absolute atomic E-state index is 0.0293. The quantitative estimate of drug-likeness (QED) is 0.640. The summed E-state index contributed by atoms with van der Waals surface area (Å²) in [6.07, 6.45) is 8.53. The Morgan fingerprint density at radius 2 is 1.86 bits per heavy atom. The van der Waals surface area contributed by atoms with E-state index in [9.17, 15) is 0 Å². The number of aromatic nitrogens is 2. The summed E-state index contributed by atoms with van der Waals surface area (Å²) in [5.41, 5.74) is 5.85. The number of nitrogens with zero attached hydrogens (tertiary/aromatic N) is 4. The maximum atomic E-state index is 7.34. The molecule has 0 amide bonds. The first-order valence-electron chi connectivity index (χ1n) is 7.86. The second kappa shape index (κ2) is 6.39. The summed E-state index contributed by atoms with van der Waals surface area (Å²) in [5.74, 6) is 1.70. The largest absolute Gasteiger partial charge is 0.382 e. The molecule has 0 bridgehead atoms. The molecule has 3 heterocycles. The number of nitrogens with two attached hydrogens (primary N) is 1. The molecular weight excluding hydrogens is 264 g/mol. The van der Waals surface area contributed by atoms with Crippen LogP contribution in [-0.2, 0) is 0 Å². The Kier molecular flexibility index (Phi) is 4.34. The standard InChI is InChI=1S/C15H24N6/c16-15(17)13-9-19-14(10-18-13)21-7-3-12(4-8-21)11-20-5-1-2-6-20/h9-10,12H,1-8,11H2,(H3,16,17). The molecule has 0 spiro atoms. The van der Waals surface area contributed by atoms with Crippen LogP contribution < -0.4 is 10.6 Å². The van der Waals surface area contributed by atoms with Gasteiger partial charge in [0.2, 0.25) is 0 Å². The minimum Gasteiger partial charge on any atom is -0.382 e. The highest BCUT2D eigenvalue weighted by Crippen LogP contribution is 2.23. The Hall–Kier alpha value is -1.69. The molecule has 2 aliphatic rings. The maximum absolute atomic E-state index is 7.34. The van der Waals surface area contributed by atoms with Gasteiger partial charge in [0.25, 0.3) is 0 Å². The van der Waals surface area contributed by atoms with Gasteiger partial charge >= 0.3 is 0 Å². The third-order valence-corrected chi connectivity index (χ3v) is 4.57. The number of rotatable bonds is 4. The summed E-state index contributed by atoms with van der Waals surface area (Å²) in [4.78, 5) is 13.5. The van der Waals surface area contributed by atoms with Gasteiger partial charge in [-0.3, -0.25) is 5.41 Å². The van der Waals surface area contributed by atoms with Crippen LogP contribution in [0.15, 0.2) is 12.4 Å². The van der Waals surface area contributed by atoms with Gasteiger partial charge in [-0.2, -0.15) is 0 Å². The highest BCUT2D eigenvalue weighted by Gasteiger charge is 2.23. The van der Waals surface area contributed by atoms with Gasteiger partial charge in [-0.05, 0) is 44.7 Å². The van der Waals surface area contributed by atoms with Crippen LogP contribution in [0.4, 0.5) is 5.82 Å². The summed E-state index contributed by atoms with van der Waals surface area (Å²) in [6.45, 7) is 5.94. The van der Waals surface area contributed by atoms with Crippen LogP contribution in [0.5, 0.6) is 0 Å². The molecular formula is C15H24N6. The van der Waals surface area contributed by atoms with Crippen molar-refractivity contribution in [3.05, 3.63) is 18.1 Å². The van der Waals surface area contributed by atoms with Crippen LogP contribution in [0.2, 0.25) is 0 Å². The number of nitrogen functional groups attached to an aromatic ring is 1. The summed E-state index contributed by atoms with van der Waals surface area (Å²) in [5, 5.41) is 7.34. The van der Waals surface area contributed by atoms with Crippen LogP contribution in [-0.4, -0.2) is 53.4 Å². The third kappa shape index (κ3) is 3.50. The molecule has 0 unspecified atom stereocenters. The van der Waals surface area contributed by atoms with Gasteiger partial charge in [0.1, 0.15) is 17.3 Å². The van der Waals surface area contributed by atoms with E-state index in [0.717, 1.165) is 24.8 Å². The predicted molar refractivity (Wildman–Crippen MR) is 83.7 cm³/mol. The molecule has 0 atom stereocenters. The number of anilines is 1. The van der Waals surface area contributed by atoms with Crippen LogP contribution in [0, 0.1) is 11.3 Å². The zero-order chi connectivity index (χ0) is 14.7. The van der Waals surface area contributed by atoms with Crippen molar-refractivity contribution in [1.82, 2.24) is 14.9 Å². The van der Waals surface area contributed by atoms with Gasteiger partial charge in [0.05, 0.1) is 12.4 Å². The van der Waals surface area contributed by atoms with Crippen molar-refractivity contribution in [2.45, 2.75) is 25.7 Å². The molecule has 1 aromatic rings. The number of hydrogen-bond donors (Lipinski definition) is 2. The molecule has 3 rings (SSSR count). The van der Waals surface area contributed by atoms with E-state index < -0.39 is 0 Å². The summed E-state index contributed by atoms with van der Waals surface area (Å²) < 4.78 is 0. The molecule has 0 aromatic carbocycles. The molecule has 21 heavy (non-hydrogen) atoms. The first kappa shape index (κ1) is 14.3. The molecule has 0 radical (unpaired) electrons. The van der Waals surface area contributed by atoms with Crippen LogP contribution in [0.25, 0.3) is 0 Å². The van der Waals surface area contributed by atoms with Crippen LogP contribution in [0.1, 0.15) is 31.4 Å². The van der Waals surface area contributed by atoms with Crippen LogP contribution >= 0.6 is 0 Å². The molecule has 6 nitrogen and oxygen atoms in total. The van der Waals surface area contributed by atoms with E-state index in [-0.39, 0.29) is 5.84 Å². The lowest BCUT2D eigenvalue weighted by atomic mass is 9.96. The molecule has 6 heteroatoms. The van der Waals surface area contributed by atoms with Gasteiger partial charge in [-0.15, -0.1) is 0 Å². The van der Waals surface area contributed by atoms with Gasteiger partial charge < -0.3 is 15.5 Å². The van der Waals surface area contributed by atoms with Gasteiger partial charge in [-0.1, -0.05) is 0 Å². The van der Waals surface area contributed by atoms with Gasteiger partial charge in [0.15, 0.2) is 0 Å². The zero-order valence-electron chi connectivity index (χ0n) is 12.5. The van der Waals surface area contributed by atoms with Gasteiger partial charge in [-0.25, -0.2) is 9.97 Å². The first-order chi connectivity index (χ1) is 10.2. The van der Waals surface area contributed by atoms with E-state index in [2.05, 4.69) is 19.8 Å². The van der Waals surface area contributed by atoms with Crippen molar-refractivity contribution in [3.63, 3.8) is 0 Å². The molecule has 3 N–H and O–H groups in total. The fraction of sp³-hybridized carbons (Fsp3) is 0.667. The van der Waals surface area contributed by atoms with Gasteiger partial charge in [0, 0.05) is 19.6 Å². The number of likely N-dealkylation sites (tertiary alicyclic amines) is 1. The fourth-order valence-corrected chi connectivity index (χ4v) is 3.30. The predicted octanol–water partition coefficient (Wildman–Crippen LogP) is 1.07. The Balaban J connectivity index is 1.51. The lowest BCUT2D eigenvalue weighted by Gasteiger charge is -2.34. The van der Waals surface area contributed by atoms with E-state index >= 15 is 0 Å². The molecule has 0 saturated carbocycles. The number of nitrogens with one attached hydrogen (secondary N) is 1. The molecule has 1 aromatic heterocycles. The summed E-state index contributed by atoms with van der Waals surface area (Å²) >= 11 is 0. The smallest absolute Gasteiger partial charge is 0.147 e. The van der Waals surface area contributed by atoms with E-state index in [1.807, 2.05) is 0 Å². The average Bonchev–Trinajstić information content (AvgIpc) is 3.01. The monoisotopic (exact) mass is 288 g/mol. The van der Waals surface area contributed by atoms with Crippen molar-refractivity contribution in [2.24, 2.45) is 11.7 Å². The van der Waals surface area contributed by atoms with Crippen molar-refractivity contribution < 1.29 is 0 Å². The minimum atomic E-state index is -0.0293. The second-order valence-corrected chi connectivity index (χ2v) is 6.11. The number of hydrogen-bond acceptors (Lipinski definition) is 5. The topological polar surface area (TPSA) is 82.1 Å². The Labute approximate surface area is 125 Å². The maximum Gasteiger partial charge on any atom is 0.147 e. The highest BCUT2D eigenvalue weighted by atomic mass is 15.2. The van der Waals surface area contributed by atoms with Crippen LogP contribution in [0.3, 0.4) is 0 Å². The number of amidine groups is 1. The van der Waals surface area contributed by atoms with Crippen molar-refractivity contribution in [1.29, 1.82) is 5.41 Å². The van der Waals surface area contributed by atoms with Crippen molar-refractivity contribution >= 4 is 11.7 Å². The van der Waals surface area contributed by atoms with E-state index in [1.54, 1.807) is 12.4 Å². The lowest BCUT2D eigenvalue weighted by molar-refractivity contribution is 0.249. The summed E-state index contributed by atoms with van der Waals surface area (Å²) in [6, 6.07) is 0. The zero-order valence-corrected chi connectivity index (χ0v) is 12.5. The fourth-order valence-electron chi connectivity index (χ4n) is 3.30. The first-order valence-corrected chi connectivity index (χ1v) is 7.86. The average molecular weight is 288 g/mol. The van der Waals surface area contributed by atoms with E-state index in [4.69, 9.17) is 11.1 Å². The SMILES string of the molecule is N=C(N)c1cnc(N2CCC(CN3CCCC3)CC2)cn1. The molecule has 2 aliphatic heterocycles. The highest BCUT2D eigenvalue weighted by molar-refractivity contribution is 5.92. The van der Waals surface area contributed by atoms with Crippen molar-refractivity contribution in [3.8, 4) is 0 Å². The third-order valence-electron chi connectivity index (χ3n) is 4.57. The van der Waals surface area contributed by atoms with E-state index in [1.165, 1.54) is 45.3 Å². The second-order valence-electron chi connectivity index (χ2n) is 6.11. The van der Waals surface area contributed by atoms with E-state index in [0.29, 0.717) is 5.69 Å². The molecule has 114 valence electrons. The molecule has 2 fully saturated rings. The Morgan fingerprint density at radius 1 is 1.14 bits per heavy atom. The van der Waals surface area contributed by atoms with Crippen molar-refractivity contribution in [2.75, 3.05) is 37.6 Å². The normalized spacial score (nSPS) is 20.9. The Morgan fingerprint density at radius 3 is 2.43 bits per heavy atom. The molecule has 0 aliphatic carbocycles. The Bertz CT molecular complexity index is 471. The number of piperidine rings is 1.